The van der Waals surface area contributed by atoms with Gasteiger partial charge in [-0.1, -0.05) is 18.2 Å². The lowest BCUT2D eigenvalue weighted by Gasteiger charge is -2.15. The summed E-state index contributed by atoms with van der Waals surface area (Å²) in [5.74, 6) is 1.65. The van der Waals surface area contributed by atoms with Crippen molar-refractivity contribution < 1.29 is 19.3 Å². The molecular weight excluding hydrogens is 368 g/mol. The number of para-hydroxylation sites is 1. The topological polar surface area (TPSA) is 65.7 Å². The number of aryl methyl sites for hydroxylation is 1. The van der Waals surface area contributed by atoms with Gasteiger partial charge in [-0.2, -0.15) is 0 Å². The first kappa shape index (κ1) is 19.1. The Morgan fingerprint density at radius 3 is 2.21 bits per heavy atom. The van der Waals surface area contributed by atoms with Gasteiger partial charge in [0.25, 0.3) is 0 Å². The molecule has 0 fully saturated rings. The highest BCUT2D eigenvalue weighted by Gasteiger charge is 2.20. The van der Waals surface area contributed by atoms with Crippen LogP contribution in [0, 0.1) is 0 Å². The second-order valence-electron chi connectivity index (χ2n) is 6.69. The van der Waals surface area contributed by atoms with Gasteiger partial charge in [-0.3, -0.25) is 0 Å². The summed E-state index contributed by atoms with van der Waals surface area (Å²) in [6, 6.07) is 14.0. The monoisotopic (exact) mass is 392 g/mol. The molecule has 0 saturated carbocycles. The second kappa shape index (κ2) is 7.64. The standard InChI is InChI=1S/C23H24N2O4/c1-5-25-18-9-7-6-8-16(18)17-12-15(13-26)24-21(22(17)25)14-10-19(27-2)23(29-4)20(11-14)28-3/h6-12,26H,5,13H2,1-4H3. The number of methoxy groups -OCH3 is 3. The van der Waals surface area contributed by atoms with E-state index in [4.69, 9.17) is 19.2 Å². The minimum Gasteiger partial charge on any atom is -0.493 e. The highest BCUT2D eigenvalue weighted by molar-refractivity contribution is 6.12. The van der Waals surface area contributed by atoms with Crippen LogP contribution in [0.4, 0.5) is 0 Å². The Hall–Kier alpha value is -3.25. The number of nitrogens with zero attached hydrogens (tertiary/aromatic N) is 2. The van der Waals surface area contributed by atoms with E-state index >= 15 is 0 Å². The molecule has 0 aliphatic carbocycles. The molecule has 2 aromatic heterocycles. The fraction of sp³-hybridized carbons (Fsp3) is 0.261. The number of aliphatic hydroxyl groups excluding tert-OH is 1. The number of fused-ring (bicyclic) bond motifs is 3. The van der Waals surface area contributed by atoms with Crippen molar-refractivity contribution in [2.75, 3.05) is 21.3 Å². The maximum atomic E-state index is 9.85. The third-order valence-electron chi connectivity index (χ3n) is 5.22. The molecule has 0 spiro atoms. The van der Waals surface area contributed by atoms with Gasteiger partial charge < -0.3 is 23.9 Å². The molecule has 150 valence electrons. The van der Waals surface area contributed by atoms with Crippen LogP contribution in [0.5, 0.6) is 17.2 Å². The SMILES string of the molecule is CCn1c2ccccc2c2cc(CO)nc(-c3cc(OC)c(OC)c(OC)c3)c21. The van der Waals surface area contributed by atoms with Gasteiger partial charge in [-0.05, 0) is 31.2 Å². The van der Waals surface area contributed by atoms with Gasteiger partial charge >= 0.3 is 0 Å². The molecule has 0 atom stereocenters. The van der Waals surface area contributed by atoms with E-state index in [0.717, 1.165) is 39.6 Å². The van der Waals surface area contributed by atoms with E-state index in [-0.39, 0.29) is 6.61 Å². The van der Waals surface area contributed by atoms with E-state index in [2.05, 4.69) is 23.6 Å². The van der Waals surface area contributed by atoms with Crippen molar-refractivity contribution in [2.24, 2.45) is 0 Å². The molecule has 6 heteroatoms. The van der Waals surface area contributed by atoms with Crippen LogP contribution in [0.15, 0.2) is 42.5 Å². The van der Waals surface area contributed by atoms with Crippen molar-refractivity contribution >= 4 is 21.8 Å². The lowest BCUT2D eigenvalue weighted by atomic mass is 10.1. The second-order valence-corrected chi connectivity index (χ2v) is 6.69. The molecule has 4 rings (SSSR count). The van der Waals surface area contributed by atoms with Gasteiger partial charge in [-0.15, -0.1) is 0 Å². The summed E-state index contributed by atoms with van der Waals surface area (Å²) < 4.78 is 18.8. The fourth-order valence-electron chi connectivity index (χ4n) is 3.96. The van der Waals surface area contributed by atoms with Gasteiger partial charge in [0, 0.05) is 28.4 Å². The van der Waals surface area contributed by atoms with Gasteiger partial charge in [0.15, 0.2) is 11.5 Å². The average molecular weight is 392 g/mol. The quantitative estimate of drug-likeness (QED) is 0.527. The van der Waals surface area contributed by atoms with Gasteiger partial charge in [-0.25, -0.2) is 4.98 Å². The smallest absolute Gasteiger partial charge is 0.203 e. The first-order valence-corrected chi connectivity index (χ1v) is 9.48. The normalized spacial score (nSPS) is 11.2. The number of aliphatic hydroxyl groups is 1. The Labute approximate surface area is 169 Å². The summed E-state index contributed by atoms with van der Waals surface area (Å²) in [6.07, 6.45) is 0. The van der Waals surface area contributed by atoms with Crippen LogP contribution in [-0.2, 0) is 13.2 Å². The zero-order valence-electron chi connectivity index (χ0n) is 17.0. The van der Waals surface area contributed by atoms with Crippen molar-refractivity contribution in [3.8, 4) is 28.5 Å². The molecule has 2 heterocycles. The largest absolute Gasteiger partial charge is 0.493 e. The number of aromatic nitrogens is 2. The maximum Gasteiger partial charge on any atom is 0.203 e. The van der Waals surface area contributed by atoms with Crippen LogP contribution in [0.2, 0.25) is 0 Å². The average Bonchev–Trinajstić information content (AvgIpc) is 3.10. The fourth-order valence-corrected chi connectivity index (χ4v) is 3.96. The molecule has 2 aromatic carbocycles. The predicted octanol–water partition coefficient (Wildman–Crippen LogP) is 4.39. The Morgan fingerprint density at radius 1 is 0.931 bits per heavy atom. The van der Waals surface area contributed by atoms with E-state index < -0.39 is 0 Å². The lowest BCUT2D eigenvalue weighted by Crippen LogP contribution is -2.01. The van der Waals surface area contributed by atoms with Gasteiger partial charge in [0.05, 0.1) is 44.8 Å². The summed E-state index contributed by atoms with van der Waals surface area (Å²) in [5.41, 5.74) is 4.36. The number of hydrogen-bond acceptors (Lipinski definition) is 5. The molecule has 1 N–H and O–H groups in total. The molecule has 0 radical (unpaired) electrons. The number of benzene rings is 2. The molecule has 4 aromatic rings. The van der Waals surface area contributed by atoms with Crippen LogP contribution < -0.4 is 14.2 Å². The molecular formula is C23H24N2O4. The zero-order chi connectivity index (χ0) is 20.5. The summed E-state index contributed by atoms with van der Waals surface area (Å²) in [7, 11) is 4.77. The van der Waals surface area contributed by atoms with Crippen LogP contribution in [0.1, 0.15) is 12.6 Å². The highest BCUT2D eigenvalue weighted by atomic mass is 16.5. The molecule has 6 nitrogen and oxygen atoms in total. The molecule has 29 heavy (non-hydrogen) atoms. The summed E-state index contributed by atoms with van der Waals surface area (Å²) >= 11 is 0. The Balaban J connectivity index is 2.14. The maximum absolute atomic E-state index is 9.85. The summed E-state index contributed by atoms with van der Waals surface area (Å²) in [5, 5.41) is 12.0. The summed E-state index contributed by atoms with van der Waals surface area (Å²) in [6.45, 7) is 2.77. The highest BCUT2D eigenvalue weighted by Crippen LogP contribution is 2.43. The molecule has 0 amide bonds. The van der Waals surface area contributed by atoms with Crippen molar-refractivity contribution in [3.63, 3.8) is 0 Å². The van der Waals surface area contributed by atoms with Gasteiger partial charge in [0.2, 0.25) is 5.75 Å². The lowest BCUT2D eigenvalue weighted by molar-refractivity contribution is 0.277. The Morgan fingerprint density at radius 2 is 1.62 bits per heavy atom. The molecule has 0 saturated heterocycles. The van der Waals surface area contributed by atoms with Crippen LogP contribution in [-0.4, -0.2) is 36.0 Å². The molecule has 0 aliphatic heterocycles. The number of rotatable bonds is 6. The van der Waals surface area contributed by atoms with E-state index in [9.17, 15) is 5.11 Å². The first-order valence-electron chi connectivity index (χ1n) is 9.48. The molecule has 0 bridgehead atoms. The minimum absolute atomic E-state index is 0.140. The van der Waals surface area contributed by atoms with E-state index in [1.54, 1.807) is 21.3 Å². The van der Waals surface area contributed by atoms with Crippen LogP contribution >= 0.6 is 0 Å². The number of ether oxygens (including phenoxy) is 3. The molecule has 0 unspecified atom stereocenters. The third-order valence-corrected chi connectivity index (χ3v) is 5.22. The molecule has 0 aliphatic rings. The van der Waals surface area contributed by atoms with E-state index in [1.807, 2.05) is 30.3 Å². The zero-order valence-corrected chi connectivity index (χ0v) is 17.0. The van der Waals surface area contributed by atoms with Crippen molar-refractivity contribution in [2.45, 2.75) is 20.1 Å². The Kier molecular flexibility index (Phi) is 5.03. The number of pyridine rings is 1. The van der Waals surface area contributed by atoms with Crippen molar-refractivity contribution in [1.29, 1.82) is 0 Å². The first-order chi connectivity index (χ1) is 14.2. The summed E-state index contributed by atoms with van der Waals surface area (Å²) in [4.78, 5) is 4.78. The predicted molar refractivity (Wildman–Crippen MR) is 114 cm³/mol. The van der Waals surface area contributed by atoms with Gasteiger partial charge in [0.1, 0.15) is 0 Å². The third kappa shape index (κ3) is 2.96. The van der Waals surface area contributed by atoms with Crippen molar-refractivity contribution in [3.05, 3.63) is 48.2 Å². The van der Waals surface area contributed by atoms with Crippen LogP contribution in [0.3, 0.4) is 0 Å². The number of hydrogen-bond donors (Lipinski definition) is 1. The van der Waals surface area contributed by atoms with E-state index in [1.165, 1.54) is 0 Å². The van der Waals surface area contributed by atoms with E-state index in [0.29, 0.717) is 22.9 Å². The van der Waals surface area contributed by atoms with Crippen LogP contribution in [0.25, 0.3) is 33.1 Å². The minimum atomic E-state index is -0.140. The Bertz CT molecular complexity index is 1170. The van der Waals surface area contributed by atoms with Crippen molar-refractivity contribution in [1.82, 2.24) is 9.55 Å².